The molecule has 84 valence electrons. The van der Waals surface area contributed by atoms with E-state index >= 15 is 0 Å². The topological polar surface area (TPSA) is 21.3 Å². The summed E-state index contributed by atoms with van der Waals surface area (Å²) in [6.07, 6.45) is 2.61. The first-order valence-corrected chi connectivity index (χ1v) is 6.35. The highest BCUT2D eigenvalue weighted by Gasteiger charge is 2.40. The number of hydrogen-bond donors (Lipinski definition) is 1. The molecule has 0 radical (unpaired) electrons. The third-order valence-corrected chi connectivity index (χ3v) is 4.22. The lowest BCUT2D eigenvalue weighted by Crippen LogP contribution is -2.48. The molecule has 2 fully saturated rings. The van der Waals surface area contributed by atoms with Gasteiger partial charge in [0.25, 0.3) is 0 Å². The number of thioether (sulfide) groups is 1. The molecule has 4 heteroatoms. The number of rotatable bonds is 1. The molecule has 0 aromatic heterocycles. The fraction of sp³-hybridized carbons (Fsp3) is 1.00. The Morgan fingerprint density at radius 2 is 2.00 bits per heavy atom. The second kappa shape index (κ2) is 5.06. The second-order valence-corrected chi connectivity index (χ2v) is 5.57. The second-order valence-electron chi connectivity index (χ2n) is 4.35. The molecule has 0 bridgehead atoms. The Balaban J connectivity index is 0.000000980. The van der Waals surface area contributed by atoms with Gasteiger partial charge in [0.15, 0.2) is 0 Å². The lowest BCUT2D eigenvalue weighted by molar-refractivity contribution is -0.0456. The standard InChI is InChI=1S/C10H19NOS.ClH/c1-8-7-12-10(2,11-8)9-3-5-13-6-4-9;/h8-9,11H,3-7H2,1-2H3;1H. The molecule has 0 aliphatic carbocycles. The molecule has 2 heterocycles. The first kappa shape index (κ1) is 12.6. The van der Waals surface area contributed by atoms with E-state index in [-0.39, 0.29) is 18.1 Å². The third-order valence-electron chi connectivity index (χ3n) is 3.17. The maximum absolute atomic E-state index is 5.87. The quantitative estimate of drug-likeness (QED) is 0.756. The first-order valence-electron chi connectivity index (χ1n) is 5.20. The van der Waals surface area contributed by atoms with E-state index in [1.807, 2.05) is 0 Å². The Kier molecular flexibility index (Phi) is 4.56. The fourth-order valence-electron chi connectivity index (χ4n) is 2.35. The van der Waals surface area contributed by atoms with Crippen molar-refractivity contribution in [2.24, 2.45) is 5.92 Å². The average Bonchev–Trinajstić information content (AvgIpc) is 2.49. The lowest BCUT2D eigenvalue weighted by atomic mass is 9.91. The number of ether oxygens (including phenoxy) is 1. The van der Waals surface area contributed by atoms with Crippen LogP contribution in [0.15, 0.2) is 0 Å². The van der Waals surface area contributed by atoms with Crippen LogP contribution in [0.4, 0.5) is 0 Å². The third kappa shape index (κ3) is 2.57. The minimum absolute atomic E-state index is 0. The van der Waals surface area contributed by atoms with Crippen molar-refractivity contribution >= 4 is 24.2 Å². The van der Waals surface area contributed by atoms with Crippen molar-refractivity contribution in [1.29, 1.82) is 0 Å². The van der Waals surface area contributed by atoms with Crippen molar-refractivity contribution in [2.75, 3.05) is 18.1 Å². The van der Waals surface area contributed by atoms with Crippen LogP contribution in [0.1, 0.15) is 26.7 Å². The van der Waals surface area contributed by atoms with Gasteiger partial charge in [0.05, 0.1) is 6.61 Å². The molecule has 2 rings (SSSR count). The van der Waals surface area contributed by atoms with Gasteiger partial charge in [-0.25, -0.2) is 0 Å². The van der Waals surface area contributed by atoms with Gasteiger partial charge < -0.3 is 4.74 Å². The molecule has 2 nitrogen and oxygen atoms in total. The van der Waals surface area contributed by atoms with E-state index in [1.54, 1.807) is 0 Å². The summed E-state index contributed by atoms with van der Waals surface area (Å²) in [6.45, 7) is 5.29. The molecule has 2 saturated heterocycles. The van der Waals surface area contributed by atoms with Gasteiger partial charge in [0.1, 0.15) is 5.72 Å². The molecule has 2 atom stereocenters. The van der Waals surface area contributed by atoms with Gasteiger partial charge in [0.2, 0.25) is 0 Å². The predicted molar refractivity (Wildman–Crippen MR) is 64.3 cm³/mol. The van der Waals surface area contributed by atoms with Crippen LogP contribution in [0.5, 0.6) is 0 Å². The summed E-state index contributed by atoms with van der Waals surface area (Å²) >= 11 is 2.07. The summed E-state index contributed by atoms with van der Waals surface area (Å²) in [7, 11) is 0. The normalized spacial score (nSPS) is 39.4. The maximum Gasteiger partial charge on any atom is 0.119 e. The van der Waals surface area contributed by atoms with Crippen molar-refractivity contribution in [3.05, 3.63) is 0 Å². The molecule has 14 heavy (non-hydrogen) atoms. The molecule has 2 aliphatic heterocycles. The number of hydrogen-bond acceptors (Lipinski definition) is 3. The molecule has 0 saturated carbocycles. The molecule has 0 amide bonds. The Morgan fingerprint density at radius 1 is 1.36 bits per heavy atom. The van der Waals surface area contributed by atoms with Crippen LogP contribution in [0.2, 0.25) is 0 Å². The first-order chi connectivity index (χ1) is 6.21. The molecule has 2 unspecified atom stereocenters. The van der Waals surface area contributed by atoms with Crippen molar-refractivity contribution in [3.63, 3.8) is 0 Å². The van der Waals surface area contributed by atoms with Gasteiger partial charge in [-0.3, -0.25) is 5.32 Å². The zero-order chi connectivity index (χ0) is 9.31. The van der Waals surface area contributed by atoms with Crippen molar-refractivity contribution < 1.29 is 4.74 Å². The Bertz CT molecular complexity index is 187. The van der Waals surface area contributed by atoms with Crippen LogP contribution >= 0.6 is 24.2 Å². The smallest absolute Gasteiger partial charge is 0.119 e. The van der Waals surface area contributed by atoms with Gasteiger partial charge in [-0.05, 0) is 38.2 Å². The molecule has 0 aromatic rings. The molecule has 1 N–H and O–H groups in total. The number of nitrogens with one attached hydrogen (secondary N) is 1. The van der Waals surface area contributed by atoms with E-state index < -0.39 is 0 Å². The van der Waals surface area contributed by atoms with Crippen LogP contribution in [0, 0.1) is 5.92 Å². The Labute approximate surface area is 97.0 Å². The van der Waals surface area contributed by atoms with Gasteiger partial charge in [-0.1, -0.05) is 0 Å². The molecule has 0 aromatic carbocycles. The minimum Gasteiger partial charge on any atom is -0.359 e. The summed E-state index contributed by atoms with van der Waals surface area (Å²) < 4.78 is 5.87. The van der Waals surface area contributed by atoms with Crippen LogP contribution < -0.4 is 5.32 Å². The van der Waals surface area contributed by atoms with E-state index in [1.165, 1.54) is 24.3 Å². The van der Waals surface area contributed by atoms with E-state index in [4.69, 9.17) is 4.74 Å². The van der Waals surface area contributed by atoms with E-state index in [2.05, 4.69) is 30.9 Å². The van der Waals surface area contributed by atoms with Crippen LogP contribution in [0.25, 0.3) is 0 Å². The largest absolute Gasteiger partial charge is 0.359 e. The Morgan fingerprint density at radius 3 is 2.50 bits per heavy atom. The van der Waals surface area contributed by atoms with Crippen molar-refractivity contribution in [3.8, 4) is 0 Å². The Hall–Kier alpha value is 0.560. The predicted octanol–water partition coefficient (Wildman–Crippen LogP) is 2.28. The van der Waals surface area contributed by atoms with E-state index in [9.17, 15) is 0 Å². The highest BCUT2D eigenvalue weighted by atomic mass is 35.5. The van der Waals surface area contributed by atoms with Crippen LogP contribution in [-0.2, 0) is 4.74 Å². The highest BCUT2D eigenvalue weighted by Crippen LogP contribution is 2.34. The van der Waals surface area contributed by atoms with Gasteiger partial charge in [0, 0.05) is 12.0 Å². The molecule has 0 spiro atoms. The summed E-state index contributed by atoms with van der Waals surface area (Å²) in [6, 6.07) is 0.527. The maximum atomic E-state index is 5.87. The van der Waals surface area contributed by atoms with Gasteiger partial charge in [-0.15, -0.1) is 12.4 Å². The zero-order valence-electron chi connectivity index (χ0n) is 8.91. The molecular weight excluding hydrogens is 218 g/mol. The van der Waals surface area contributed by atoms with Crippen LogP contribution in [-0.4, -0.2) is 29.9 Å². The lowest BCUT2D eigenvalue weighted by Gasteiger charge is -2.36. The molecule has 2 aliphatic rings. The van der Waals surface area contributed by atoms with E-state index in [0.717, 1.165) is 12.5 Å². The molecular formula is C10H20ClNOS. The van der Waals surface area contributed by atoms with E-state index in [0.29, 0.717) is 6.04 Å². The summed E-state index contributed by atoms with van der Waals surface area (Å²) in [5.74, 6) is 3.33. The summed E-state index contributed by atoms with van der Waals surface area (Å²) in [5, 5.41) is 3.57. The summed E-state index contributed by atoms with van der Waals surface area (Å²) in [5.41, 5.74) is -0.0274. The minimum atomic E-state index is -0.0274. The number of halogens is 1. The zero-order valence-corrected chi connectivity index (χ0v) is 10.5. The SMILES string of the molecule is CC1COC(C)(C2CCSCC2)N1.Cl. The highest BCUT2D eigenvalue weighted by molar-refractivity contribution is 7.99. The van der Waals surface area contributed by atoms with Gasteiger partial charge >= 0.3 is 0 Å². The average molecular weight is 238 g/mol. The van der Waals surface area contributed by atoms with Crippen molar-refractivity contribution in [1.82, 2.24) is 5.32 Å². The fourth-order valence-corrected chi connectivity index (χ4v) is 3.46. The van der Waals surface area contributed by atoms with Gasteiger partial charge in [-0.2, -0.15) is 11.8 Å². The monoisotopic (exact) mass is 237 g/mol. The summed E-state index contributed by atoms with van der Waals surface area (Å²) in [4.78, 5) is 0. The van der Waals surface area contributed by atoms with Crippen LogP contribution in [0.3, 0.4) is 0 Å². The van der Waals surface area contributed by atoms with Crippen molar-refractivity contribution in [2.45, 2.75) is 38.5 Å².